The maximum atomic E-state index is 13.1. The standard InChI is InChI=1S/C9H6FNO4/c1-5(13)8-6(4-12)2-3-7(10)9(8)11(14)15/h2-4H,1H3. The highest BCUT2D eigenvalue weighted by Crippen LogP contribution is 2.25. The van der Waals surface area contributed by atoms with Gasteiger partial charge in [-0.1, -0.05) is 0 Å². The van der Waals surface area contributed by atoms with Gasteiger partial charge in [-0.3, -0.25) is 19.7 Å². The summed E-state index contributed by atoms with van der Waals surface area (Å²) in [5.41, 5.74) is -1.63. The molecule has 0 N–H and O–H groups in total. The number of rotatable bonds is 3. The third-order valence-corrected chi connectivity index (χ3v) is 1.82. The van der Waals surface area contributed by atoms with Crippen LogP contribution in [0.4, 0.5) is 10.1 Å². The van der Waals surface area contributed by atoms with Gasteiger partial charge in [-0.2, -0.15) is 4.39 Å². The third-order valence-electron chi connectivity index (χ3n) is 1.82. The number of hydrogen-bond acceptors (Lipinski definition) is 4. The van der Waals surface area contributed by atoms with Gasteiger partial charge in [-0.05, 0) is 19.1 Å². The van der Waals surface area contributed by atoms with Crippen LogP contribution in [0, 0.1) is 15.9 Å². The number of carbonyl (C=O) groups excluding carboxylic acids is 2. The van der Waals surface area contributed by atoms with Crippen molar-refractivity contribution in [3.05, 3.63) is 39.2 Å². The van der Waals surface area contributed by atoms with Crippen molar-refractivity contribution in [2.24, 2.45) is 0 Å². The lowest BCUT2D eigenvalue weighted by Crippen LogP contribution is -2.06. The van der Waals surface area contributed by atoms with E-state index in [-0.39, 0.29) is 11.8 Å². The number of aldehydes is 1. The van der Waals surface area contributed by atoms with Gasteiger partial charge in [0, 0.05) is 5.56 Å². The van der Waals surface area contributed by atoms with Crippen molar-refractivity contribution < 1.29 is 18.9 Å². The quantitative estimate of drug-likeness (QED) is 0.330. The first-order chi connectivity index (χ1) is 6.99. The molecule has 0 saturated heterocycles. The smallest absolute Gasteiger partial charge is 0.298 e. The summed E-state index contributed by atoms with van der Waals surface area (Å²) in [6, 6.07) is 1.82. The number of ketones is 1. The van der Waals surface area contributed by atoms with E-state index in [0.29, 0.717) is 0 Å². The topological polar surface area (TPSA) is 77.3 Å². The summed E-state index contributed by atoms with van der Waals surface area (Å²) in [5, 5.41) is 10.5. The van der Waals surface area contributed by atoms with Gasteiger partial charge >= 0.3 is 5.69 Å². The largest absolute Gasteiger partial charge is 0.316 e. The van der Waals surface area contributed by atoms with Gasteiger partial charge in [0.25, 0.3) is 0 Å². The normalized spacial score (nSPS) is 9.73. The maximum absolute atomic E-state index is 13.1. The van der Waals surface area contributed by atoms with E-state index in [1.54, 1.807) is 0 Å². The average Bonchev–Trinajstić information content (AvgIpc) is 2.16. The van der Waals surface area contributed by atoms with Crippen molar-refractivity contribution in [3.63, 3.8) is 0 Å². The molecule has 0 saturated carbocycles. The highest BCUT2D eigenvalue weighted by Gasteiger charge is 2.26. The molecular formula is C9H6FNO4. The third kappa shape index (κ3) is 1.88. The van der Waals surface area contributed by atoms with E-state index in [1.807, 2.05) is 0 Å². The van der Waals surface area contributed by atoms with Gasteiger partial charge in [-0.15, -0.1) is 0 Å². The van der Waals surface area contributed by atoms with Gasteiger partial charge in [-0.25, -0.2) is 0 Å². The monoisotopic (exact) mass is 211 g/mol. The average molecular weight is 211 g/mol. The van der Waals surface area contributed by atoms with Crippen molar-refractivity contribution in [2.75, 3.05) is 0 Å². The Labute approximate surface area is 83.7 Å². The molecule has 0 radical (unpaired) electrons. The van der Waals surface area contributed by atoms with Gasteiger partial charge in [0.05, 0.1) is 4.92 Å². The molecule has 1 rings (SSSR count). The van der Waals surface area contributed by atoms with Crippen molar-refractivity contribution in [1.29, 1.82) is 0 Å². The molecule has 78 valence electrons. The predicted octanol–water partition coefficient (Wildman–Crippen LogP) is 1.75. The van der Waals surface area contributed by atoms with Crippen LogP contribution in [0.5, 0.6) is 0 Å². The molecule has 1 aromatic carbocycles. The first-order valence-electron chi connectivity index (χ1n) is 3.92. The molecule has 0 spiro atoms. The SMILES string of the molecule is CC(=O)c1c(C=O)ccc(F)c1[N+](=O)[O-]. The minimum absolute atomic E-state index is 0.185. The first-order valence-corrected chi connectivity index (χ1v) is 3.92. The second kappa shape index (κ2) is 3.95. The van der Waals surface area contributed by atoms with E-state index in [2.05, 4.69) is 0 Å². The number of halogens is 1. The molecule has 5 nitrogen and oxygen atoms in total. The molecule has 15 heavy (non-hydrogen) atoms. The summed E-state index contributed by atoms with van der Waals surface area (Å²) in [6.45, 7) is 1.04. The number of Topliss-reactive ketones (excluding diaryl/α,β-unsaturated/α-hetero) is 1. The molecule has 0 unspecified atom stereocenters. The number of carbonyl (C=O) groups is 2. The molecule has 1 aromatic rings. The van der Waals surface area contributed by atoms with Crippen LogP contribution >= 0.6 is 0 Å². The molecule has 0 aliphatic heterocycles. The molecule has 0 atom stereocenters. The minimum atomic E-state index is -1.13. The summed E-state index contributed by atoms with van der Waals surface area (Å²) in [7, 11) is 0. The Balaban J connectivity index is 3.65. The summed E-state index contributed by atoms with van der Waals surface area (Å²) >= 11 is 0. The van der Waals surface area contributed by atoms with Gasteiger partial charge in [0.2, 0.25) is 5.82 Å². The van der Waals surface area contributed by atoms with Crippen LogP contribution in [0.3, 0.4) is 0 Å². The molecule has 0 aromatic heterocycles. The Bertz CT molecular complexity index is 456. The lowest BCUT2D eigenvalue weighted by molar-refractivity contribution is -0.387. The zero-order valence-electron chi connectivity index (χ0n) is 7.69. The maximum Gasteiger partial charge on any atom is 0.316 e. The van der Waals surface area contributed by atoms with Crippen molar-refractivity contribution in [3.8, 4) is 0 Å². The lowest BCUT2D eigenvalue weighted by Gasteiger charge is -2.02. The van der Waals surface area contributed by atoms with Crippen LogP contribution in [-0.4, -0.2) is 17.0 Å². The molecule has 6 heteroatoms. The van der Waals surface area contributed by atoms with E-state index in [4.69, 9.17) is 0 Å². The molecule has 0 fully saturated rings. The van der Waals surface area contributed by atoms with Crippen LogP contribution < -0.4 is 0 Å². The molecule has 0 aliphatic rings. The highest BCUT2D eigenvalue weighted by atomic mass is 19.1. The fourth-order valence-electron chi connectivity index (χ4n) is 1.23. The van der Waals surface area contributed by atoms with E-state index in [0.717, 1.165) is 19.1 Å². The lowest BCUT2D eigenvalue weighted by atomic mass is 10.0. The zero-order valence-corrected chi connectivity index (χ0v) is 7.69. The number of hydrogen-bond donors (Lipinski definition) is 0. The van der Waals surface area contributed by atoms with Crippen LogP contribution in [0.15, 0.2) is 12.1 Å². The van der Waals surface area contributed by atoms with E-state index in [9.17, 15) is 24.1 Å². The van der Waals surface area contributed by atoms with Crippen molar-refractivity contribution in [2.45, 2.75) is 6.92 Å². The fourth-order valence-corrected chi connectivity index (χ4v) is 1.23. The van der Waals surface area contributed by atoms with Crippen molar-refractivity contribution >= 4 is 17.8 Å². The Morgan fingerprint density at radius 3 is 2.53 bits per heavy atom. The van der Waals surface area contributed by atoms with Crippen LogP contribution in [-0.2, 0) is 0 Å². The summed E-state index contributed by atoms with van der Waals surface area (Å²) < 4.78 is 13.1. The van der Waals surface area contributed by atoms with E-state index < -0.39 is 27.8 Å². The fraction of sp³-hybridized carbons (Fsp3) is 0.111. The minimum Gasteiger partial charge on any atom is -0.298 e. The van der Waals surface area contributed by atoms with E-state index >= 15 is 0 Å². The number of nitrogens with zero attached hydrogens (tertiary/aromatic N) is 1. The van der Waals surface area contributed by atoms with Crippen LogP contribution in [0.2, 0.25) is 0 Å². The van der Waals surface area contributed by atoms with Gasteiger partial charge < -0.3 is 0 Å². The summed E-state index contributed by atoms with van der Waals surface area (Å²) in [6.07, 6.45) is 0.281. The van der Waals surface area contributed by atoms with Gasteiger partial charge in [0.1, 0.15) is 5.56 Å². The Hall–Kier alpha value is -2.11. The summed E-state index contributed by atoms with van der Waals surface area (Å²) in [5.74, 6) is -1.85. The molecule has 0 aliphatic carbocycles. The Morgan fingerprint density at radius 2 is 2.13 bits per heavy atom. The first kappa shape index (κ1) is 11.0. The Morgan fingerprint density at radius 1 is 1.53 bits per heavy atom. The number of nitro benzene ring substituents is 1. The van der Waals surface area contributed by atoms with E-state index in [1.165, 1.54) is 0 Å². The Kier molecular flexibility index (Phi) is 2.89. The van der Waals surface area contributed by atoms with Gasteiger partial charge in [0.15, 0.2) is 12.1 Å². The molecule has 0 amide bonds. The second-order valence-corrected chi connectivity index (χ2v) is 2.79. The molecule has 0 bridgehead atoms. The van der Waals surface area contributed by atoms with Crippen LogP contribution in [0.25, 0.3) is 0 Å². The second-order valence-electron chi connectivity index (χ2n) is 2.79. The zero-order chi connectivity index (χ0) is 11.6. The number of nitro groups is 1. The van der Waals surface area contributed by atoms with Crippen LogP contribution in [0.1, 0.15) is 27.6 Å². The summed E-state index contributed by atoms with van der Waals surface area (Å²) in [4.78, 5) is 31.1. The number of benzene rings is 1. The van der Waals surface area contributed by atoms with Crippen molar-refractivity contribution in [1.82, 2.24) is 0 Å². The molecule has 0 heterocycles. The predicted molar refractivity (Wildman–Crippen MR) is 48.4 cm³/mol. The highest BCUT2D eigenvalue weighted by molar-refractivity contribution is 6.04. The molecular weight excluding hydrogens is 205 g/mol.